The van der Waals surface area contributed by atoms with Gasteiger partial charge in [-0.05, 0) is 54.1 Å². The van der Waals surface area contributed by atoms with Crippen molar-refractivity contribution in [3.63, 3.8) is 0 Å². The van der Waals surface area contributed by atoms with Gasteiger partial charge in [0.15, 0.2) is 0 Å². The van der Waals surface area contributed by atoms with E-state index < -0.39 is 29.5 Å². The molecule has 12 heteroatoms. The number of hydrogen-bond donors (Lipinski definition) is 1. The molecule has 5 rings (SSSR count). The maximum absolute atomic E-state index is 15.5. The number of rotatable bonds is 12. The number of carboxylic acid groups (broad SMARTS) is 1. The summed E-state index contributed by atoms with van der Waals surface area (Å²) in [5.74, 6) is -2.72. The van der Waals surface area contributed by atoms with Gasteiger partial charge in [0, 0.05) is 37.8 Å². The third-order valence-corrected chi connectivity index (χ3v) is 7.19. The van der Waals surface area contributed by atoms with Crippen LogP contribution < -0.4 is 4.74 Å². The average Bonchev–Trinajstić information content (AvgIpc) is 3.37. The fraction of sp³-hybridized carbons (Fsp3) is 0.212. The Morgan fingerprint density at radius 3 is 2.49 bits per heavy atom. The van der Waals surface area contributed by atoms with Crippen molar-refractivity contribution in [3.8, 4) is 23.2 Å². The Balaban J connectivity index is 1.42. The van der Waals surface area contributed by atoms with Gasteiger partial charge in [-0.3, -0.25) is 0 Å². The molecule has 2 heterocycles. The number of nitrogens with zero attached hydrogens (tertiary/aromatic N) is 4. The Morgan fingerprint density at radius 2 is 1.78 bits per heavy atom. The van der Waals surface area contributed by atoms with Gasteiger partial charge in [-0.1, -0.05) is 12.1 Å². The molecule has 0 unspecified atom stereocenters. The van der Waals surface area contributed by atoms with Crippen LogP contribution in [0, 0.1) is 28.8 Å². The minimum Gasteiger partial charge on any atom is -0.478 e. The first-order valence-electron chi connectivity index (χ1n) is 13.7. The first-order chi connectivity index (χ1) is 21.7. The molecule has 0 bridgehead atoms. The van der Waals surface area contributed by atoms with Crippen molar-refractivity contribution in [2.45, 2.75) is 25.7 Å². The number of methoxy groups -OCH3 is 2. The van der Waals surface area contributed by atoms with Gasteiger partial charge in [0.05, 0.1) is 53.2 Å². The number of carbonyl (C=O) groups is 1. The normalized spacial score (nSPS) is 11.8. The minimum atomic E-state index is -1.11. The van der Waals surface area contributed by atoms with Crippen LogP contribution in [0.5, 0.6) is 5.88 Å². The summed E-state index contributed by atoms with van der Waals surface area (Å²) in [6.45, 7) is 0.279. The fourth-order valence-electron chi connectivity index (χ4n) is 4.85. The number of imidazole rings is 1. The van der Waals surface area contributed by atoms with E-state index in [4.69, 9.17) is 19.5 Å². The van der Waals surface area contributed by atoms with Crippen molar-refractivity contribution in [3.05, 3.63) is 112 Å². The van der Waals surface area contributed by atoms with E-state index >= 15 is 8.78 Å². The number of aromatic carboxylic acids is 1. The zero-order valence-corrected chi connectivity index (χ0v) is 24.3. The number of benzene rings is 3. The molecule has 3 aromatic carbocycles. The van der Waals surface area contributed by atoms with Gasteiger partial charge in [-0.15, -0.1) is 0 Å². The van der Waals surface area contributed by atoms with Crippen molar-refractivity contribution in [1.29, 1.82) is 5.26 Å². The Hall–Kier alpha value is -5.25. The van der Waals surface area contributed by atoms with Crippen molar-refractivity contribution in [2.24, 2.45) is 0 Å². The third kappa shape index (κ3) is 6.95. The summed E-state index contributed by atoms with van der Waals surface area (Å²) in [6, 6.07) is 17.0. The maximum Gasteiger partial charge on any atom is 0.335 e. The van der Waals surface area contributed by atoms with E-state index in [0.717, 1.165) is 18.2 Å². The van der Waals surface area contributed by atoms with Crippen molar-refractivity contribution >= 4 is 17.0 Å². The van der Waals surface area contributed by atoms with E-state index in [0.29, 0.717) is 16.9 Å². The van der Waals surface area contributed by atoms with E-state index in [1.165, 1.54) is 50.6 Å². The number of carboxylic acids is 1. The summed E-state index contributed by atoms with van der Waals surface area (Å²) in [5.41, 5.74) is 1.44. The number of ether oxygens (including phenoxy) is 3. The minimum absolute atomic E-state index is 0.0238. The Bertz CT molecular complexity index is 1920. The second-order valence-electron chi connectivity index (χ2n) is 10.1. The van der Waals surface area contributed by atoms with E-state index in [9.17, 15) is 14.3 Å². The van der Waals surface area contributed by atoms with Crippen molar-refractivity contribution < 1.29 is 37.3 Å². The highest BCUT2D eigenvalue weighted by molar-refractivity contribution is 5.92. The van der Waals surface area contributed by atoms with Crippen molar-refractivity contribution in [1.82, 2.24) is 14.5 Å². The number of fused-ring (bicyclic) bond motifs is 1. The lowest BCUT2D eigenvalue weighted by Gasteiger charge is -2.18. The van der Waals surface area contributed by atoms with Gasteiger partial charge < -0.3 is 23.9 Å². The highest BCUT2D eigenvalue weighted by Gasteiger charge is 2.20. The molecule has 1 atom stereocenters. The predicted octanol–water partition coefficient (Wildman–Crippen LogP) is 5.92. The lowest BCUT2D eigenvalue weighted by atomic mass is 10.0. The number of nitriles is 1. The SMILES string of the molecule is COC[C@H](Cn1c(Cc2cc(F)c(-c3cccc(OCc4ccc(C#N)cc4F)n3)cc2F)nc2ccc(C(=O)O)cc21)OC. The highest BCUT2D eigenvalue weighted by atomic mass is 19.1. The topological polar surface area (TPSA) is 119 Å². The summed E-state index contributed by atoms with van der Waals surface area (Å²) in [5, 5.41) is 18.4. The second kappa shape index (κ2) is 13.6. The second-order valence-corrected chi connectivity index (χ2v) is 10.1. The molecular weight excluding hydrogens is 589 g/mol. The zero-order valence-electron chi connectivity index (χ0n) is 24.3. The van der Waals surface area contributed by atoms with Crippen LogP contribution in [0.1, 0.15) is 32.9 Å². The van der Waals surface area contributed by atoms with E-state index in [1.807, 2.05) is 6.07 Å². The Labute approximate surface area is 256 Å². The molecule has 0 spiro atoms. The van der Waals surface area contributed by atoms with Crippen molar-refractivity contribution in [2.75, 3.05) is 20.8 Å². The maximum atomic E-state index is 15.5. The van der Waals surface area contributed by atoms with Gasteiger partial charge in [-0.2, -0.15) is 5.26 Å². The molecule has 1 N–H and O–H groups in total. The molecule has 0 radical (unpaired) electrons. The molecule has 2 aromatic heterocycles. The molecule has 0 amide bonds. The zero-order chi connectivity index (χ0) is 32.1. The Morgan fingerprint density at radius 1 is 0.978 bits per heavy atom. The first-order valence-corrected chi connectivity index (χ1v) is 13.7. The molecule has 0 aliphatic rings. The van der Waals surface area contributed by atoms with Gasteiger partial charge in [0.2, 0.25) is 5.88 Å². The number of hydrogen-bond acceptors (Lipinski definition) is 7. The van der Waals surface area contributed by atoms with E-state index in [2.05, 4.69) is 9.97 Å². The van der Waals surface area contributed by atoms with Gasteiger partial charge >= 0.3 is 5.97 Å². The Kier molecular flexibility index (Phi) is 9.42. The third-order valence-electron chi connectivity index (χ3n) is 7.19. The van der Waals surface area contributed by atoms with Crippen LogP contribution in [0.3, 0.4) is 0 Å². The van der Waals surface area contributed by atoms with Crippen LogP contribution in [0.15, 0.2) is 66.7 Å². The van der Waals surface area contributed by atoms with Gasteiger partial charge in [0.25, 0.3) is 0 Å². The molecule has 0 aliphatic heterocycles. The predicted molar refractivity (Wildman–Crippen MR) is 157 cm³/mol. The number of halogens is 3. The van der Waals surface area contributed by atoms with Gasteiger partial charge in [0.1, 0.15) is 29.9 Å². The monoisotopic (exact) mass is 616 g/mol. The molecule has 0 saturated heterocycles. The largest absolute Gasteiger partial charge is 0.478 e. The van der Waals surface area contributed by atoms with Crippen LogP contribution in [-0.2, 0) is 29.0 Å². The molecule has 9 nitrogen and oxygen atoms in total. The summed E-state index contributed by atoms with van der Waals surface area (Å²) in [7, 11) is 3.03. The van der Waals surface area contributed by atoms with Crippen LogP contribution >= 0.6 is 0 Å². The summed E-state index contributed by atoms with van der Waals surface area (Å²) < 4.78 is 63.3. The quantitative estimate of drug-likeness (QED) is 0.184. The molecule has 230 valence electrons. The van der Waals surface area contributed by atoms with Crippen LogP contribution in [-0.4, -0.2) is 52.5 Å². The smallest absolute Gasteiger partial charge is 0.335 e. The summed E-state index contributed by atoms with van der Waals surface area (Å²) in [4.78, 5) is 20.5. The van der Waals surface area contributed by atoms with Crippen LogP contribution in [0.4, 0.5) is 13.2 Å². The van der Waals surface area contributed by atoms with Crippen LogP contribution in [0.25, 0.3) is 22.3 Å². The standard InChI is InChI=1S/C33H27F3N4O5/c1-43-18-23(44-2)16-40-30-12-20(33(41)42)8-9-29(30)38-31(40)13-22-11-27(36)24(14-26(22)35)28-4-3-5-32(39-28)45-17-21-7-6-19(15-37)10-25(21)34/h3-12,14,23H,13,16-18H2,1-2H3,(H,41,42)/t23-/m0/s1. The lowest BCUT2D eigenvalue weighted by molar-refractivity contribution is 0.0186. The average molecular weight is 617 g/mol. The molecule has 0 aliphatic carbocycles. The van der Waals surface area contributed by atoms with Crippen LogP contribution in [0.2, 0.25) is 0 Å². The lowest BCUT2D eigenvalue weighted by Crippen LogP contribution is -2.25. The van der Waals surface area contributed by atoms with E-state index in [-0.39, 0.29) is 65.6 Å². The first kappa shape index (κ1) is 31.2. The summed E-state index contributed by atoms with van der Waals surface area (Å²) in [6.07, 6.45) is -0.520. The molecular formula is C33H27F3N4O5. The highest BCUT2D eigenvalue weighted by Crippen LogP contribution is 2.28. The molecule has 45 heavy (non-hydrogen) atoms. The number of pyridine rings is 1. The summed E-state index contributed by atoms with van der Waals surface area (Å²) >= 11 is 0. The molecule has 0 fully saturated rings. The molecule has 0 saturated carbocycles. The number of aromatic nitrogens is 3. The van der Waals surface area contributed by atoms with E-state index in [1.54, 1.807) is 16.7 Å². The molecule has 5 aromatic rings. The fourth-order valence-corrected chi connectivity index (χ4v) is 4.85. The van der Waals surface area contributed by atoms with Gasteiger partial charge in [-0.25, -0.2) is 27.9 Å².